The Morgan fingerprint density at radius 1 is 0.974 bits per heavy atom. The second-order valence-electron chi connectivity index (χ2n) is 11.3. The van der Waals surface area contributed by atoms with Gasteiger partial charge in [-0.05, 0) is 77.9 Å². The number of benzene rings is 3. The third kappa shape index (κ3) is 5.56. The van der Waals surface area contributed by atoms with Gasteiger partial charge >= 0.3 is 0 Å². The Bertz CT molecular complexity index is 1400. The summed E-state index contributed by atoms with van der Waals surface area (Å²) in [4.78, 5) is 30.5. The first-order valence-corrected chi connectivity index (χ1v) is 13.4. The summed E-state index contributed by atoms with van der Waals surface area (Å²) < 4.78 is 5.78. The van der Waals surface area contributed by atoms with Crippen LogP contribution in [0.1, 0.15) is 62.4 Å². The van der Waals surface area contributed by atoms with E-state index in [1.165, 1.54) is 4.90 Å². The van der Waals surface area contributed by atoms with E-state index in [4.69, 9.17) is 4.74 Å². The molecule has 1 amide bonds. The molecule has 39 heavy (non-hydrogen) atoms. The molecule has 1 saturated heterocycles. The molecule has 1 unspecified atom stereocenters. The standard InChI is InChI=1S/C33H38N2O4/c1-8-19-39-27-18-11-23(20-21(27)2)30(36)28-29(22-9-12-24(13-10-22)33(3,4)5)35(32(38)31(28)37)26-16-14-25(15-17-26)34(6)7/h9-18,20,29,36H,8,19H2,1-7H3/b30-28-. The van der Waals surface area contributed by atoms with Gasteiger partial charge in [0.1, 0.15) is 11.5 Å². The first-order chi connectivity index (χ1) is 18.4. The normalized spacial score (nSPS) is 17.0. The number of ether oxygens (including phenoxy) is 1. The van der Waals surface area contributed by atoms with Gasteiger partial charge in [0, 0.05) is 31.0 Å². The minimum absolute atomic E-state index is 0.0541. The minimum atomic E-state index is -0.777. The molecule has 6 nitrogen and oxygen atoms in total. The number of carbonyl (C=O) groups is 2. The van der Waals surface area contributed by atoms with Crippen LogP contribution in [0.4, 0.5) is 11.4 Å². The van der Waals surface area contributed by atoms with E-state index in [2.05, 4.69) is 20.8 Å². The molecule has 6 heteroatoms. The fourth-order valence-electron chi connectivity index (χ4n) is 4.82. The lowest BCUT2D eigenvalue weighted by Gasteiger charge is -2.27. The molecule has 1 atom stereocenters. The van der Waals surface area contributed by atoms with Crippen LogP contribution >= 0.6 is 0 Å². The van der Waals surface area contributed by atoms with Gasteiger partial charge in [0.2, 0.25) is 0 Å². The van der Waals surface area contributed by atoms with Crippen molar-refractivity contribution >= 4 is 28.8 Å². The summed E-state index contributed by atoms with van der Waals surface area (Å²) in [7, 11) is 3.89. The SMILES string of the molecule is CCCOc1ccc(/C(O)=C2/C(=O)C(=O)N(c3ccc(N(C)C)cc3)C2c2ccc(C(C)(C)C)cc2)cc1C. The summed E-state index contributed by atoms with van der Waals surface area (Å²) in [5.41, 5.74) is 4.77. The average Bonchev–Trinajstić information content (AvgIpc) is 3.17. The lowest BCUT2D eigenvalue weighted by Crippen LogP contribution is -2.29. The van der Waals surface area contributed by atoms with Crippen LogP contribution in [-0.2, 0) is 15.0 Å². The van der Waals surface area contributed by atoms with Crippen molar-refractivity contribution in [3.8, 4) is 5.75 Å². The van der Waals surface area contributed by atoms with E-state index in [0.29, 0.717) is 17.9 Å². The molecular weight excluding hydrogens is 488 g/mol. The van der Waals surface area contributed by atoms with Crippen LogP contribution in [0, 0.1) is 6.92 Å². The Hall–Kier alpha value is -4.06. The van der Waals surface area contributed by atoms with Crippen LogP contribution in [0.25, 0.3) is 5.76 Å². The minimum Gasteiger partial charge on any atom is -0.507 e. The largest absolute Gasteiger partial charge is 0.507 e. The average molecular weight is 527 g/mol. The predicted octanol–water partition coefficient (Wildman–Crippen LogP) is 6.77. The Balaban J connectivity index is 1.87. The molecule has 204 valence electrons. The Labute approximate surface area is 231 Å². The summed E-state index contributed by atoms with van der Waals surface area (Å²) in [5.74, 6) is -0.850. The monoisotopic (exact) mass is 526 g/mol. The van der Waals surface area contributed by atoms with Gasteiger partial charge in [0.25, 0.3) is 11.7 Å². The van der Waals surface area contributed by atoms with Crippen molar-refractivity contribution in [3.63, 3.8) is 0 Å². The number of rotatable bonds is 7. The van der Waals surface area contributed by atoms with Crippen LogP contribution < -0.4 is 14.5 Å². The van der Waals surface area contributed by atoms with Crippen molar-refractivity contribution in [1.29, 1.82) is 0 Å². The number of anilines is 2. The summed E-state index contributed by atoms with van der Waals surface area (Å²) in [6.45, 7) is 10.9. The Kier molecular flexibility index (Phi) is 7.86. The number of carbonyl (C=O) groups excluding carboxylic acids is 2. The summed E-state index contributed by atoms with van der Waals surface area (Å²) in [6, 6.07) is 20.0. The van der Waals surface area contributed by atoms with E-state index < -0.39 is 17.7 Å². The topological polar surface area (TPSA) is 70.1 Å². The zero-order valence-electron chi connectivity index (χ0n) is 23.9. The van der Waals surface area contributed by atoms with E-state index in [1.54, 1.807) is 18.2 Å². The van der Waals surface area contributed by atoms with Crippen molar-refractivity contribution < 1.29 is 19.4 Å². The number of aliphatic hydroxyl groups excluding tert-OH is 1. The number of hydrogen-bond donors (Lipinski definition) is 1. The van der Waals surface area contributed by atoms with Crippen molar-refractivity contribution in [3.05, 3.63) is 94.6 Å². The lowest BCUT2D eigenvalue weighted by molar-refractivity contribution is -0.132. The quantitative estimate of drug-likeness (QED) is 0.209. The Morgan fingerprint density at radius 3 is 2.15 bits per heavy atom. The number of nitrogens with zero attached hydrogens (tertiary/aromatic N) is 2. The van der Waals surface area contributed by atoms with Gasteiger partial charge in [-0.25, -0.2) is 0 Å². The molecule has 0 bridgehead atoms. The zero-order chi connectivity index (χ0) is 28.5. The predicted molar refractivity (Wildman–Crippen MR) is 158 cm³/mol. The lowest BCUT2D eigenvalue weighted by atomic mass is 9.85. The van der Waals surface area contributed by atoms with Crippen molar-refractivity contribution in [2.24, 2.45) is 0 Å². The van der Waals surface area contributed by atoms with Gasteiger partial charge in [-0.3, -0.25) is 14.5 Å². The van der Waals surface area contributed by atoms with Crippen molar-refractivity contribution in [2.75, 3.05) is 30.5 Å². The number of hydrogen-bond acceptors (Lipinski definition) is 5. The van der Waals surface area contributed by atoms with E-state index in [-0.39, 0.29) is 16.7 Å². The number of Topliss-reactive ketones (excluding diaryl/α,β-unsaturated/α-hetero) is 1. The second kappa shape index (κ2) is 11.0. The molecular formula is C33H38N2O4. The molecule has 1 fully saturated rings. The van der Waals surface area contributed by atoms with E-state index in [0.717, 1.165) is 34.5 Å². The van der Waals surface area contributed by atoms with Crippen molar-refractivity contribution in [2.45, 2.75) is 52.5 Å². The highest BCUT2D eigenvalue weighted by atomic mass is 16.5. The van der Waals surface area contributed by atoms with Gasteiger partial charge in [0.15, 0.2) is 0 Å². The molecule has 4 rings (SSSR count). The summed E-state index contributed by atoms with van der Waals surface area (Å²) in [5, 5.41) is 11.5. The van der Waals surface area contributed by atoms with E-state index in [1.807, 2.05) is 81.4 Å². The highest BCUT2D eigenvalue weighted by Gasteiger charge is 2.47. The molecule has 1 aliphatic heterocycles. The van der Waals surface area contributed by atoms with Crippen molar-refractivity contribution in [1.82, 2.24) is 0 Å². The first kappa shape index (κ1) is 28.0. The molecule has 1 aliphatic rings. The molecule has 0 aliphatic carbocycles. The van der Waals surface area contributed by atoms with Gasteiger partial charge in [-0.15, -0.1) is 0 Å². The molecule has 0 spiro atoms. The molecule has 1 N–H and O–H groups in total. The number of aryl methyl sites for hydroxylation is 1. The van der Waals surface area contributed by atoms with Gasteiger partial charge < -0.3 is 14.7 Å². The second-order valence-corrected chi connectivity index (χ2v) is 11.3. The molecule has 0 saturated carbocycles. The zero-order valence-corrected chi connectivity index (χ0v) is 23.9. The third-order valence-electron chi connectivity index (χ3n) is 7.09. The number of aliphatic hydroxyl groups is 1. The smallest absolute Gasteiger partial charge is 0.300 e. The van der Waals surface area contributed by atoms with E-state index in [9.17, 15) is 14.7 Å². The maximum atomic E-state index is 13.5. The highest BCUT2D eigenvalue weighted by molar-refractivity contribution is 6.51. The molecule has 0 aromatic heterocycles. The van der Waals surface area contributed by atoms with Crippen LogP contribution in [0.15, 0.2) is 72.3 Å². The highest BCUT2D eigenvalue weighted by Crippen LogP contribution is 2.43. The number of ketones is 1. The molecule has 0 radical (unpaired) electrons. The van der Waals surface area contributed by atoms with E-state index >= 15 is 0 Å². The summed E-state index contributed by atoms with van der Waals surface area (Å²) in [6.07, 6.45) is 0.883. The van der Waals surface area contributed by atoms with Crippen LogP contribution in [0.2, 0.25) is 0 Å². The number of amides is 1. The van der Waals surface area contributed by atoms with Gasteiger partial charge in [0.05, 0.1) is 18.2 Å². The van der Waals surface area contributed by atoms with Gasteiger partial charge in [-0.2, -0.15) is 0 Å². The molecule has 1 heterocycles. The third-order valence-corrected chi connectivity index (χ3v) is 7.09. The maximum absolute atomic E-state index is 13.5. The van der Waals surface area contributed by atoms with Crippen LogP contribution in [0.3, 0.4) is 0 Å². The fourth-order valence-corrected chi connectivity index (χ4v) is 4.82. The first-order valence-electron chi connectivity index (χ1n) is 13.4. The molecule has 3 aromatic rings. The Morgan fingerprint density at radius 2 is 1.62 bits per heavy atom. The van der Waals surface area contributed by atoms with Crippen LogP contribution in [-0.4, -0.2) is 37.5 Å². The van der Waals surface area contributed by atoms with Crippen LogP contribution in [0.5, 0.6) is 5.75 Å². The molecule has 3 aromatic carbocycles. The van der Waals surface area contributed by atoms with Gasteiger partial charge in [-0.1, -0.05) is 52.0 Å². The fraction of sp³-hybridized carbons (Fsp3) is 0.333. The summed E-state index contributed by atoms with van der Waals surface area (Å²) >= 11 is 0. The maximum Gasteiger partial charge on any atom is 0.300 e.